The van der Waals surface area contributed by atoms with Gasteiger partial charge in [-0.15, -0.1) is 0 Å². The van der Waals surface area contributed by atoms with Crippen molar-refractivity contribution in [3.05, 3.63) is 63.6 Å². The van der Waals surface area contributed by atoms with Gasteiger partial charge in [-0.3, -0.25) is 9.69 Å². The van der Waals surface area contributed by atoms with Crippen molar-refractivity contribution in [1.82, 2.24) is 15.1 Å². The van der Waals surface area contributed by atoms with Crippen LogP contribution in [0.15, 0.2) is 47.5 Å². The van der Waals surface area contributed by atoms with Gasteiger partial charge in [-0.05, 0) is 105 Å². The highest BCUT2D eigenvalue weighted by Crippen LogP contribution is 2.61. The van der Waals surface area contributed by atoms with Crippen LogP contribution in [0.3, 0.4) is 0 Å². The summed E-state index contributed by atoms with van der Waals surface area (Å²) in [6.07, 6.45) is 3.15. The summed E-state index contributed by atoms with van der Waals surface area (Å²) in [6.45, 7) is 14.2. The standard InChI is InChI=1S/C33H45Cl2N5O/c1-20-18-40(19-21(2)39(20)6)32(38-30-16-25-15-28(22(30)3)33(25,4)5)37-27-11-8-24(9-12-27)31(41)36-14-13-23-7-10-26(34)17-29(23)35/h7-12,17,20-22,25,28,30H,13-16,18-19H2,1-6H3,(H,36,41)(H,37,38)/t20?,21?,22-,25+,28+,30+/m1/s1. The average Bonchev–Trinajstić information content (AvgIpc) is 2.93. The quantitative estimate of drug-likeness (QED) is 0.283. The summed E-state index contributed by atoms with van der Waals surface area (Å²) in [7, 11) is 2.21. The van der Waals surface area contributed by atoms with Gasteiger partial charge in [0, 0.05) is 53.0 Å². The molecule has 4 aliphatic rings. The van der Waals surface area contributed by atoms with Gasteiger partial charge in [-0.2, -0.15) is 0 Å². The first kappa shape index (κ1) is 30.2. The molecule has 2 aromatic carbocycles. The van der Waals surface area contributed by atoms with Gasteiger partial charge in [-0.25, -0.2) is 4.99 Å². The third kappa shape index (κ3) is 6.40. The van der Waals surface area contributed by atoms with Crippen molar-refractivity contribution in [3.8, 4) is 0 Å². The number of carbonyl (C=O) groups excluding carboxylic acids is 1. The van der Waals surface area contributed by atoms with Crippen molar-refractivity contribution in [2.45, 2.75) is 72.0 Å². The van der Waals surface area contributed by atoms with Gasteiger partial charge < -0.3 is 15.5 Å². The number of fused-ring (bicyclic) bond motifs is 2. The number of piperazine rings is 1. The monoisotopic (exact) mass is 597 g/mol. The summed E-state index contributed by atoms with van der Waals surface area (Å²) in [5, 5.41) is 7.89. The number of halogens is 2. The Morgan fingerprint density at radius 2 is 1.71 bits per heavy atom. The maximum absolute atomic E-state index is 12.8. The molecule has 4 fully saturated rings. The number of likely N-dealkylation sites (N-methyl/N-ethyl adjacent to an activating group) is 1. The maximum Gasteiger partial charge on any atom is 0.251 e. The Morgan fingerprint density at radius 3 is 2.32 bits per heavy atom. The molecule has 3 saturated carbocycles. The molecule has 222 valence electrons. The van der Waals surface area contributed by atoms with Crippen molar-refractivity contribution >= 4 is 40.8 Å². The van der Waals surface area contributed by atoms with Crippen LogP contribution in [0.5, 0.6) is 0 Å². The van der Waals surface area contributed by atoms with Gasteiger partial charge in [-0.1, -0.05) is 50.0 Å². The molecule has 8 heteroatoms. The normalized spacial score (nSPS) is 29.6. The lowest BCUT2D eigenvalue weighted by molar-refractivity contribution is -0.108. The number of carbonyl (C=O) groups is 1. The Morgan fingerprint density at radius 1 is 1.02 bits per heavy atom. The van der Waals surface area contributed by atoms with Crippen molar-refractivity contribution in [1.29, 1.82) is 0 Å². The van der Waals surface area contributed by atoms with E-state index >= 15 is 0 Å². The van der Waals surface area contributed by atoms with Crippen LogP contribution in [0.4, 0.5) is 5.69 Å². The molecular weight excluding hydrogens is 553 g/mol. The number of anilines is 1. The summed E-state index contributed by atoms with van der Waals surface area (Å²) in [5.74, 6) is 2.94. The van der Waals surface area contributed by atoms with E-state index in [4.69, 9.17) is 28.2 Å². The van der Waals surface area contributed by atoms with E-state index in [-0.39, 0.29) is 5.91 Å². The lowest BCUT2D eigenvalue weighted by Gasteiger charge is -2.61. The zero-order valence-corrected chi connectivity index (χ0v) is 26.8. The number of benzene rings is 2. The van der Waals surface area contributed by atoms with E-state index in [9.17, 15) is 4.79 Å². The SMILES string of the molecule is CC1CN(C(=N[C@H]2C[C@@H]3C[C@@H]([C@H]2C)C3(C)C)Nc2ccc(C(=O)NCCc3ccc(Cl)cc3Cl)cc2)CC(C)N1C. The van der Waals surface area contributed by atoms with Gasteiger partial charge in [0.1, 0.15) is 0 Å². The number of nitrogens with zero attached hydrogens (tertiary/aromatic N) is 3. The van der Waals surface area contributed by atoms with Gasteiger partial charge in [0.25, 0.3) is 5.91 Å². The molecule has 1 heterocycles. The molecule has 2 aromatic rings. The molecular formula is C33H45Cl2N5O. The van der Waals surface area contributed by atoms with Crippen LogP contribution in [0, 0.1) is 23.2 Å². The summed E-state index contributed by atoms with van der Waals surface area (Å²) in [4.78, 5) is 23.1. The Balaban J connectivity index is 1.26. The van der Waals surface area contributed by atoms with Crippen molar-refractivity contribution < 1.29 is 4.79 Å². The zero-order valence-electron chi connectivity index (χ0n) is 25.3. The smallest absolute Gasteiger partial charge is 0.251 e. The highest BCUT2D eigenvalue weighted by Gasteiger charge is 2.56. The van der Waals surface area contributed by atoms with Gasteiger partial charge in [0.2, 0.25) is 0 Å². The molecule has 2 unspecified atom stereocenters. The first-order valence-electron chi connectivity index (χ1n) is 15.1. The molecule has 1 amide bonds. The lowest BCUT2D eigenvalue weighted by atomic mass is 9.45. The number of nitrogens with one attached hydrogen (secondary N) is 2. The Hall–Kier alpha value is -2.28. The Labute approximate surface area is 255 Å². The Bertz CT molecular complexity index is 1270. The molecule has 6 atom stereocenters. The van der Waals surface area contributed by atoms with Gasteiger partial charge in [0.15, 0.2) is 5.96 Å². The predicted molar refractivity (Wildman–Crippen MR) is 171 cm³/mol. The second-order valence-electron chi connectivity index (χ2n) is 13.2. The van der Waals surface area contributed by atoms with E-state index in [1.54, 1.807) is 6.07 Å². The highest BCUT2D eigenvalue weighted by molar-refractivity contribution is 6.35. The fourth-order valence-corrected chi connectivity index (χ4v) is 7.69. The first-order valence-corrected chi connectivity index (χ1v) is 15.8. The van der Waals surface area contributed by atoms with Crippen LogP contribution in [-0.4, -0.2) is 66.5 Å². The van der Waals surface area contributed by atoms with E-state index in [1.165, 1.54) is 6.42 Å². The fourth-order valence-electron chi connectivity index (χ4n) is 7.19. The van der Waals surface area contributed by atoms with Crippen molar-refractivity contribution in [2.24, 2.45) is 28.2 Å². The minimum atomic E-state index is -0.102. The first-order chi connectivity index (χ1) is 19.4. The number of hydrogen-bond acceptors (Lipinski definition) is 3. The molecule has 3 aliphatic carbocycles. The maximum atomic E-state index is 12.8. The molecule has 2 bridgehead atoms. The number of amides is 1. The van der Waals surface area contributed by atoms with Crippen LogP contribution in [0.2, 0.25) is 10.0 Å². The van der Waals surface area contributed by atoms with E-state index in [0.717, 1.165) is 48.6 Å². The van der Waals surface area contributed by atoms with Gasteiger partial charge >= 0.3 is 0 Å². The predicted octanol–water partition coefficient (Wildman–Crippen LogP) is 6.83. The van der Waals surface area contributed by atoms with E-state index < -0.39 is 0 Å². The van der Waals surface area contributed by atoms with Crippen LogP contribution >= 0.6 is 23.2 Å². The largest absolute Gasteiger partial charge is 0.352 e. The summed E-state index contributed by atoms with van der Waals surface area (Å²) in [6, 6.07) is 14.4. The molecule has 1 aliphatic heterocycles. The van der Waals surface area contributed by atoms with Crippen LogP contribution in [0.25, 0.3) is 0 Å². The zero-order chi connectivity index (χ0) is 29.5. The Kier molecular flexibility index (Phi) is 8.94. The third-order valence-corrected chi connectivity index (χ3v) is 10.9. The van der Waals surface area contributed by atoms with Crippen molar-refractivity contribution in [2.75, 3.05) is 32.0 Å². The molecule has 2 N–H and O–H groups in total. The fraction of sp³-hybridized carbons (Fsp3) is 0.576. The average molecular weight is 599 g/mol. The molecule has 0 spiro atoms. The van der Waals surface area contributed by atoms with E-state index in [2.05, 4.69) is 62.1 Å². The second kappa shape index (κ2) is 12.1. The van der Waals surface area contributed by atoms with Crippen molar-refractivity contribution in [3.63, 3.8) is 0 Å². The minimum Gasteiger partial charge on any atom is -0.352 e. The number of hydrogen-bond donors (Lipinski definition) is 2. The summed E-state index contributed by atoms with van der Waals surface area (Å²) in [5.41, 5.74) is 2.97. The molecule has 0 radical (unpaired) electrons. The highest BCUT2D eigenvalue weighted by atomic mass is 35.5. The van der Waals surface area contributed by atoms with E-state index in [1.807, 2.05) is 36.4 Å². The molecule has 41 heavy (non-hydrogen) atoms. The topological polar surface area (TPSA) is 60.0 Å². The second-order valence-corrected chi connectivity index (χ2v) is 14.0. The summed E-state index contributed by atoms with van der Waals surface area (Å²) < 4.78 is 0. The number of rotatable bonds is 6. The van der Waals surface area contributed by atoms with E-state index in [0.29, 0.717) is 58.0 Å². The molecule has 1 saturated heterocycles. The number of guanidine groups is 1. The minimum absolute atomic E-state index is 0.102. The lowest BCUT2D eigenvalue weighted by Crippen LogP contribution is -2.59. The van der Waals surface area contributed by atoms with Crippen LogP contribution in [0.1, 0.15) is 63.4 Å². The van der Waals surface area contributed by atoms with Crippen LogP contribution < -0.4 is 10.6 Å². The van der Waals surface area contributed by atoms with Crippen LogP contribution in [-0.2, 0) is 6.42 Å². The van der Waals surface area contributed by atoms with Gasteiger partial charge in [0.05, 0.1) is 6.04 Å². The molecule has 6 rings (SSSR count). The molecule has 0 aromatic heterocycles. The third-order valence-electron chi connectivity index (χ3n) is 10.4. The number of aliphatic imine (C=N–C) groups is 1. The summed E-state index contributed by atoms with van der Waals surface area (Å²) >= 11 is 12.3. The molecule has 6 nitrogen and oxygen atoms in total.